The molecule has 2 N–H and O–H groups in total. The number of fused-ring (bicyclic) bond motifs is 1. The topological polar surface area (TPSA) is 122 Å². The summed E-state index contributed by atoms with van der Waals surface area (Å²) in [6, 6.07) is 16.0. The van der Waals surface area contributed by atoms with Crippen LogP contribution in [0.4, 0.5) is 11.5 Å². The zero-order chi connectivity index (χ0) is 23.5. The molecule has 0 saturated heterocycles. The Morgan fingerprint density at radius 1 is 1.12 bits per heavy atom. The minimum absolute atomic E-state index is 0.181. The predicted molar refractivity (Wildman–Crippen MR) is 124 cm³/mol. The zero-order valence-corrected chi connectivity index (χ0v) is 18.2. The van der Waals surface area contributed by atoms with Crippen LogP contribution in [-0.4, -0.2) is 33.7 Å². The molecule has 9 heteroatoms. The van der Waals surface area contributed by atoms with Crippen LogP contribution in [0.1, 0.15) is 28.4 Å². The summed E-state index contributed by atoms with van der Waals surface area (Å²) in [5.41, 5.74) is 2.55. The van der Waals surface area contributed by atoms with Crippen molar-refractivity contribution >= 4 is 34.2 Å². The molecule has 2 aromatic carbocycles. The van der Waals surface area contributed by atoms with Gasteiger partial charge in [-0.05, 0) is 42.8 Å². The van der Waals surface area contributed by atoms with Crippen LogP contribution in [-0.2, 0) is 4.79 Å². The number of amides is 2. The summed E-state index contributed by atoms with van der Waals surface area (Å²) < 4.78 is 6.86. The third kappa shape index (κ3) is 4.22. The van der Waals surface area contributed by atoms with Crippen LogP contribution in [0.15, 0.2) is 54.7 Å². The van der Waals surface area contributed by atoms with Gasteiger partial charge in [-0.25, -0.2) is 4.98 Å². The summed E-state index contributed by atoms with van der Waals surface area (Å²) in [5, 5.41) is 20.2. The van der Waals surface area contributed by atoms with E-state index in [-0.39, 0.29) is 17.3 Å². The molecule has 2 aromatic heterocycles. The number of aromatic nitrogens is 3. The average molecular weight is 440 g/mol. The van der Waals surface area contributed by atoms with Crippen molar-refractivity contribution in [1.82, 2.24) is 14.8 Å². The lowest BCUT2D eigenvalue weighted by Crippen LogP contribution is -2.17. The van der Waals surface area contributed by atoms with Gasteiger partial charge in [0.1, 0.15) is 22.9 Å². The van der Waals surface area contributed by atoms with Crippen molar-refractivity contribution < 1.29 is 14.3 Å². The molecule has 0 aliphatic rings. The Morgan fingerprint density at radius 2 is 1.91 bits per heavy atom. The number of hydrogen-bond acceptors (Lipinski definition) is 6. The number of para-hydroxylation sites is 1. The van der Waals surface area contributed by atoms with Crippen molar-refractivity contribution in [1.29, 1.82) is 5.26 Å². The molecule has 0 unspecified atom stereocenters. The van der Waals surface area contributed by atoms with E-state index < -0.39 is 5.91 Å². The van der Waals surface area contributed by atoms with E-state index in [0.29, 0.717) is 28.3 Å². The van der Waals surface area contributed by atoms with Crippen molar-refractivity contribution in [2.45, 2.75) is 13.8 Å². The quantitative estimate of drug-likeness (QED) is 0.486. The monoisotopic (exact) mass is 440 g/mol. The molecule has 2 amide bonds. The second-order valence-corrected chi connectivity index (χ2v) is 7.30. The molecule has 0 atom stereocenters. The van der Waals surface area contributed by atoms with Gasteiger partial charge in [-0.1, -0.05) is 18.2 Å². The number of rotatable bonds is 5. The standard InChI is InChI=1S/C24H20N6O3/c1-14-10-21(28-22-19(14)8-5-9-20(22)33-3)30-23(17(12-25)13-26-30)29-24(32)16-6-4-7-18(11-16)27-15(2)31/h4-11,13H,1-3H3,(H,27,31)(H,29,32). The number of carbonyl (C=O) groups excluding carboxylic acids is 2. The number of nitriles is 1. The molecular weight excluding hydrogens is 420 g/mol. The van der Waals surface area contributed by atoms with Crippen molar-refractivity contribution in [3.8, 4) is 17.6 Å². The van der Waals surface area contributed by atoms with E-state index in [4.69, 9.17) is 4.74 Å². The lowest BCUT2D eigenvalue weighted by atomic mass is 10.1. The number of aryl methyl sites for hydroxylation is 1. The summed E-state index contributed by atoms with van der Waals surface area (Å²) in [6.45, 7) is 3.32. The van der Waals surface area contributed by atoms with E-state index in [0.717, 1.165) is 10.9 Å². The molecule has 0 aliphatic carbocycles. The van der Waals surface area contributed by atoms with E-state index in [1.165, 1.54) is 17.8 Å². The van der Waals surface area contributed by atoms with Crippen LogP contribution >= 0.6 is 0 Å². The Balaban J connectivity index is 1.76. The molecule has 4 aromatic rings. The third-order valence-electron chi connectivity index (χ3n) is 5.00. The van der Waals surface area contributed by atoms with E-state index in [2.05, 4.69) is 20.7 Å². The molecule has 0 spiro atoms. The van der Waals surface area contributed by atoms with Gasteiger partial charge in [-0.2, -0.15) is 15.0 Å². The molecule has 9 nitrogen and oxygen atoms in total. The SMILES string of the molecule is COc1cccc2c(C)cc(-n3ncc(C#N)c3NC(=O)c3cccc(NC(C)=O)c3)nc12. The maximum atomic E-state index is 13.0. The lowest BCUT2D eigenvalue weighted by Gasteiger charge is -2.13. The molecule has 0 bridgehead atoms. The van der Waals surface area contributed by atoms with Crippen molar-refractivity contribution in [2.24, 2.45) is 0 Å². The zero-order valence-electron chi connectivity index (χ0n) is 18.2. The number of methoxy groups -OCH3 is 1. The highest BCUT2D eigenvalue weighted by Gasteiger charge is 2.19. The number of pyridine rings is 1. The van der Waals surface area contributed by atoms with Crippen LogP contribution in [0.2, 0.25) is 0 Å². The molecule has 164 valence electrons. The largest absolute Gasteiger partial charge is 0.494 e. The van der Waals surface area contributed by atoms with E-state index in [1.54, 1.807) is 31.4 Å². The fraction of sp³-hybridized carbons (Fsp3) is 0.125. The Hall–Kier alpha value is -4.71. The molecule has 4 rings (SSSR count). The van der Waals surface area contributed by atoms with Gasteiger partial charge in [0, 0.05) is 23.6 Å². The van der Waals surface area contributed by atoms with Crippen LogP contribution in [0.3, 0.4) is 0 Å². The minimum atomic E-state index is -0.462. The van der Waals surface area contributed by atoms with E-state index in [9.17, 15) is 14.9 Å². The van der Waals surface area contributed by atoms with Gasteiger partial charge in [-0.15, -0.1) is 0 Å². The van der Waals surface area contributed by atoms with Crippen LogP contribution < -0.4 is 15.4 Å². The van der Waals surface area contributed by atoms with Gasteiger partial charge in [-0.3, -0.25) is 9.59 Å². The summed E-state index contributed by atoms with van der Waals surface area (Å²) >= 11 is 0. The first-order valence-corrected chi connectivity index (χ1v) is 10.0. The maximum absolute atomic E-state index is 13.0. The molecule has 33 heavy (non-hydrogen) atoms. The molecule has 2 heterocycles. The fourth-order valence-electron chi connectivity index (χ4n) is 3.49. The highest BCUT2D eigenvalue weighted by molar-refractivity contribution is 6.05. The smallest absolute Gasteiger partial charge is 0.256 e. The first-order chi connectivity index (χ1) is 15.9. The molecule has 0 fully saturated rings. The molecular formula is C24H20N6O3. The highest BCUT2D eigenvalue weighted by atomic mass is 16.5. The average Bonchev–Trinajstić information content (AvgIpc) is 3.20. The Kier molecular flexibility index (Phi) is 5.74. The van der Waals surface area contributed by atoms with Gasteiger partial charge in [0.15, 0.2) is 11.6 Å². The summed E-state index contributed by atoms with van der Waals surface area (Å²) in [7, 11) is 1.57. The van der Waals surface area contributed by atoms with Crippen molar-refractivity contribution in [3.63, 3.8) is 0 Å². The van der Waals surface area contributed by atoms with Gasteiger partial charge in [0.25, 0.3) is 5.91 Å². The minimum Gasteiger partial charge on any atom is -0.494 e. The second kappa shape index (κ2) is 8.80. The molecule has 0 saturated carbocycles. The predicted octanol–water partition coefficient (Wildman–Crippen LogP) is 3.82. The number of ether oxygens (including phenoxy) is 1. The Morgan fingerprint density at radius 3 is 2.64 bits per heavy atom. The van der Waals surface area contributed by atoms with Crippen molar-refractivity contribution in [2.75, 3.05) is 17.7 Å². The van der Waals surface area contributed by atoms with Crippen LogP contribution in [0, 0.1) is 18.3 Å². The molecule has 0 radical (unpaired) electrons. The number of nitrogens with one attached hydrogen (secondary N) is 2. The van der Waals surface area contributed by atoms with Crippen LogP contribution in [0.5, 0.6) is 5.75 Å². The normalized spacial score (nSPS) is 10.5. The van der Waals surface area contributed by atoms with Gasteiger partial charge < -0.3 is 15.4 Å². The number of nitrogens with zero attached hydrogens (tertiary/aromatic N) is 4. The van der Waals surface area contributed by atoms with E-state index in [1.807, 2.05) is 37.3 Å². The van der Waals surface area contributed by atoms with Crippen molar-refractivity contribution in [3.05, 3.63) is 71.4 Å². The second-order valence-electron chi connectivity index (χ2n) is 7.30. The van der Waals surface area contributed by atoms with Gasteiger partial charge in [0.05, 0.1) is 13.3 Å². The number of hydrogen-bond donors (Lipinski definition) is 2. The number of carbonyl (C=O) groups is 2. The summed E-state index contributed by atoms with van der Waals surface area (Å²) in [5.74, 6) is 0.508. The summed E-state index contributed by atoms with van der Waals surface area (Å²) in [4.78, 5) is 29.0. The van der Waals surface area contributed by atoms with E-state index >= 15 is 0 Å². The van der Waals surface area contributed by atoms with Gasteiger partial charge >= 0.3 is 0 Å². The Labute approximate surface area is 189 Å². The lowest BCUT2D eigenvalue weighted by molar-refractivity contribution is -0.114. The number of benzene rings is 2. The summed E-state index contributed by atoms with van der Waals surface area (Å²) in [6.07, 6.45) is 1.37. The Bertz CT molecular complexity index is 1430. The maximum Gasteiger partial charge on any atom is 0.256 e. The third-order valence-corrected chi connectivity index (χ3v) is 5.00. The first-order valence-electron chi connectivity index (χ1n) is 10.0. The first kappa shape index (κ1) is 21.5. The highest BCUT2D eigenvalue weighted by Crippen LogP contribution is 2.29. The van der Waals surface area contributed by atoms with Gasteiger partial charge in [0.2, 0.25) is 5.91 Å². The van der Waals surface area contributed by atoms with Crippen LogP contribution in [0.25, 0.3) is 16.7 Å². The number of anilines is 2. The fourth-order valence-corrected chi connectivity index (χ4v) is 3.49. The molecule has 0 aliphatic heterocycles.